The summed E-state index contributed by atoms with van der Waals surface area (Å²) in [4.78, 5) is 47.7. The van der Waals surface area contributed by atoms with Gasteiger partial charge < -0.3 is 14.5 Å². The maximum absolute atomic E-state index is 13.0. The van der Waals surface area contributed by atoms with E-state index in [1.54, 1.807) is 0 Å². The number of carbonyl (C=O) groups excluding carboxylic acids is 3. The summed E-state index contributed by atoms with van der Waals surface area (Å²) in [5, 5.41) is 8.66. The minimum absolute atomic E-state index is 0.0324. The smallest absolute Gasteiger partial charge is 0.437 e. The Morgan fingerprint density at radius 1 is 1.27 bits per heavy atom. The number of urea groups is 1. The van der Waals surface area contributed by atoms with Crippen LogP contribution in [0.1, 0.15) is 32.6 Å². The second-order valence-corrected chi connectivity index (χ2v) is 6.91. The summed E-state index contributed by atoms with van der Waals surface area (Å²) in [5.41, 5.74) is 0.349. The second-order valence-electron chi connectivity index (χ2n) is 6.91. The minimum Gasteiger partial charge on any atom is -0.451 e. The number of nitrogens with zero attached hydrogens (tertiary/aromatic N) is 2. The van der Waals surface area contributed by atoms with Crippen LogP contribution in [0.3, 0.4) is 0 Å². The van der Waals surface area contributed by atoms with Gasteiger partial charge in [0.25, 0.3) is 5.91 Å². The lowest BCUT2D eigenvalue weighted by atomic mass is 10.2. The first-order valence-electron chi connectivity index (χ1n) is 9.46. The van der Waals surface area contributed by atoms with Crippen molar-refractivity contribution < 1.29 is 27.9 Å². The average Bonchev–Trinajstić information content (AvgIpc) is 3.32. The SMILES string of the molecule is CC(OC(=O)Cn1nc(-c2ccc(F)cc2)oc1=O)C(=O)NC(=O)NC1CCCC1. The maximum Gasteiger partial charge on any atom is 0.437 e. The van der Waals surface area contributed by atoms with Gasteiger partial charge in [-0.05, 0) is 44.0 Å². The van der Waals surface area contributed by atoms with Crippen molar-refractivity contribution in [2.45, 2.75) is 51.3 Å². The second kappa shape index (κ2) is 9.33. The van der Waals surface area contributed by atoms with E-state index in [-0.39, 0.29) is 11.9 Å². The van der Waals surface area contributed by atoms with Crippen LogP contribution in [-0.4, -0.2) is 39.8 Å². The highest BCUT2D eigenvalue weighted by Crippen LogP contribution is 2.17. The molecular weight excluding hydrogens is 399 g/mol. The van der Waals surface area contributed by atoms with Crippen LogP contribution in [0.4, 0.5) is 9.18 Å². The normalized spacial score (nSPS) is 14.9. The molecule has 0 aliphatic heterocycles. The van der Waals surface area contributed by atoms with Crippen molar-refractivity contribution in [2.24, 2.45) is 0 Å². The number of ether oxygens (including phenoxy) is 1. The highest BCUT2D eigenvalue weighted by Gasteiger charge is 2.23. The maximum atomic E-state index is 13.0. The summed E-state index contributed by atoms with van der Waals surface area (Å²) in [6.07, 6.45) is 2.51. The van der Waals surface area contributed by atoms with Gasteiger partial charge in [-0.2, -0.15) is 4.68 Å². The molecule has 30 heavy (non-hydrogen) atoms. The van der Waals surface area contributed by atoms with Gasteiger partial charge in [0.1, 0.15) is 12.4 Å². The third-order valence-electron chi connectivity index (χ3n) is 4.58. The fraction of sp³-hybridized carbons (Fsp3) is 0.421. The third kappa shape index (κ3) is 5.52. The molecule has 1 fully saturated rings. The number of aromatic nitrogens is 2. The van der Waals surface area contributed by atoms with E-state index in [2.05, 4.69) is 15.7 Å². The summed E-state index contributed by atoms with van der Waals surface area (Å²) in [5.74, 6) is -3.19. The molecule has 1 unspecified atom stereocenters. The van der Waals surface area contributed by atoms with Crippen molar-refractivity contribution >= 4 is 17.9 Å². The lowest BCUT2D eigenvalue weighted by molar-refractivity contribution is -0.155. The number of esters is 1. The molecule has 0 radical (unpaired) electrons. The van der Waals surface area contributed by atoms with Gasteiger partial charge in [-0.1, -0.05) is 12.8 Å². The van der Waals surface area contributed by atoms with Crippen molar-refractivity contribution in [3.63, 3.8) is 0 Å². The zero-order valence-corrected chi connectivity index (χ0v) is 16.2. The van der Waals surface area contributed by atoms with E-state index in [1.165, 1.54) is 31.2 Å². The number of nitrogens with one attached hydrogen (secondary N) is 2. The van der Waals surface area contributed by atoms with Gasteiger partial charge in [0.2, 0.25) is 5.89 Å². The first-order valence-corrected chi connectivity index (χ1v) is 9.46. The van der Waals surface area contributed by atoms with Crippen molar-refractivity contribution in [3.8, 4) is 11.5 Å². The lowest BCUT2D eigenvalue weighted by Crippen LogP contribution is -2.47. The zero-order chi connectivity index (χ0) is 21.7. The Hall–Kier alpha value is -3.50. The average molecular weight is 420 g/mol. The van der Waals surface area contributed by atoms with E-state index in [0.717, 1.165) is 30.4 Å². The molecule has 1 aromatic carbocycles. The first-order chi connectivity index (χ1) is 14.3. The van der Waals surface area contributed by atoms with Crippen LogP contribution in [0.5, 0.6) is 0 Å². The van der Waals surface area contributed by atoms with Crippen molar-refractivity contribution in [1.29, 1.82) is 0 Å². The monoisotopic (exact) mass is 420 g/mol. The van der Waals surface area contributed by atoms with E-state index in [9.17, 15) is 23.6 Å². The summed E-state index contributed by atoms with van der Waals surface area (Å²) in [6, 6.07) is 4.47. The standard InChI is InChI=1S/C19H21FN4O6/c1-11(16(26)22-18(27)21-14-4-2-3-5-14)29-15(25)10-24-19(28)30-17(23-24)12-6-8-13(20)9-7-12/h6-9,11,14H,2-5,10H2,1H3,(H2,21,22,26,27). The van der Waals surface area contributed by atoms with Crippen LogP contribution in [0.15, 0.2) is 33.5 Å². The fourth-order valence-corrected chi connectivity index (χ4v) is 3.03. The van der Waals surface area contributed by atoms with Gasteiger partial charge in [0.05, 0.1) is 0 Å². The Morgan fingerprint density at radius 3 is 2.60 bits per heavy atom. The predicted molar refractivity (Wildman–Crippen MR) is 101 cm³/mol. The Morgan fingerprint density at radius 2 is 1.93 bits per heavy atom. The van der Waals surface area contributed by atoms with Gasteiger partial charge in [0.15, 0.2) is 6.10 Å². The number of imide groups is 1. The molecule has 10 nitrogen and oxygen atoms in total. The van der Waals surface area contributed by atoms with Crippen molar-refractivity contribution in [3.05, 3.63) is 40.6 Å². The number of halogens is 1. The van der Waals surface area contributed by atoms with E-state index in [4.69, 9.17) is 9.15 Å². The van der Waals surface area contributed by atoms with E-state index >= 15 is 0 Å². The largest absolute Gasteiger partial charge is 0.451 e. The lowest BCUT2D eigenvalue weighted by Gasteiger charge is -2.15. The van der Waals surface area contributed by atoms with Gasteiger partial charge in [-0.3, -0.25) is 14.9 Å². The van der Waals surface area contributed by atoms with E-state index in [1.807, 2.05) is 0 Å². The van der Waals surface area contributed by atoms with Crippen LogP contribution < -0.4 is 16.4 Å². The number of rotatable bonds is 6. The third-order valence-corrected chi connectivity index (χ3v) is 4.58. The molecular formula is C19H21FN4O6. The molecule has 2 N–H and O–H groups in total. The van der Waals surface area contributed by atoms with Gasteiger partial charge in [-0.15, -0.1) is 5.10 Å². The number of hydrogen-bond acceptors (Lipinski definition) is 7. The molecule has 0 spiro atoms. The van der Waals surface area contributed by atoms with Crippen LogP contribution in [0.2, 0.25) is 0 Å². The molecule has 2 aromatic rings. The van der Waals surface area contributed by atoms with Gasteiger partial charge in [0, 0.05) is 11.6 Å². The molecule has 1 aromatic heterocycles. The molecule has 0 bridgehead atoms. The number of carbonyl (C=O) groups is 3. The number of amides is 3. The van der Waals surface area contributed by atoms with Crippen LogP contribution in [0, 0.1) is 5.82 Å². The Balaban J connectivity index is 1.52. The summed E-state index contributed by atoms with van der Waals surface area (Å²) in [7, 11) is 0. The molecule has 1 atom stereocenters. The highest BCUT2D eigenvalue weighted by atomic mass is 19.1. The number of benzene rings is 1. The predicted octanol–water partition coefficient (Wildman–Crippen LogP) is 1.34. The molecule has 1 aliphatic rings. The van der Waals surface area contributed by atoms with Crippen molar-refractivity contribution in [2.75, 3.05) is 0 Å². The Labute approximate surface area is 170 Å². The molecule has 0 saturated heterocycles. The molecule has 3 rings (SSSR count). The first kappa shape index (κ1) is 21.2. The molecule has 11 heteroatoms. The topological polar surface area (TPSA) is 133 Å². The Kier molecular flexibility index (Phi) is 6.60. The fourth-order valence-electron chi connectivity index (χ4n) is 3.03. The number of hydrogen-bond donors (Lipinski definition) is 2. The van der Waals surface area contributed by atoms with E-state index < -0.39 is 42.1 Å². The van der Waals surface area contributed by atoms with Crippen LogP contribution >= 0.6 is 0 Å². The summed E-state index contributed by atoms with van der Waals surface area (Å²) < 4.78 is 23.6. The summed E-state index contributed by atoms with van der Waals surface area (Å²) in [6.45, 7) is 0.695. The highest BCUT2D eigenvalue weighted by molar-refractivity contribution is 5.97. The zero-order valence-electron chi connectivity index (χ0n) is 16.2. The van der Waals surface area contributed by atoms with E-state index in [0.29, 0.717) is 5.56 Å². The van der Waals surface area contributed by atoms with Gasteiger partial charge in [-0.25, -0.2) is 14.0 Å². The summed E-state index contributed by atoms with van der Waals surface area (Å²) >= 11 is 0. The van der Waals surface area contributed by atoms with Gasteiger partial charge >= 0.3 is 17.8 Å². The molecule has 1 aliphatic carbocycles. The van der Waals surface area contributed by atoms with Crippen LogP contribution in [-0.2, 0) is 20.9 Å². The molecule has 1 saturated carbocycles. The molecule has 160 valence electrons. The molecule has 3 amide bonds. The van der Waals surface area contributed by atoms with Crippen LogP contribution in [0.25, 0.3) is 11.5 Å². The Bertz CT molecular complexity index is 978. The molecule has 1 heterocycles. The van der Waals surface area contributed by atoms with Crippen molar-refractivity contribution in [1.82, 2.24) is 20.4 Å². The quantitative estimate of drug-likeness (QED) is 0.674. The minimum atomic E-state index is -1.26.